The van der Waals surface area contributed by atoms with E-state index >= 15 is 0 Å². The molecule has 16 heavy (non-hydrogen) atoms. The summed E-state index contributed by atoms with van der Waals surface area (Å²) in [6, 6.07) is 8.16. The van der Waals surface area contributed by atoms with Crippen LogP contribution in [0.4, 0.5) is 0 Å². The molecule has 0 aliphatic heterocycles. The minimum Gasteiger partial charge on any atom is -0.288 e. The lowest BCUT2D eigenvalue weighted by Crippen LogP contribution is -1.91. The first-order valence-corrected chi connectivity index (χ1v) is 6.31. The van der Waals surface area contributed by atoms with Crippen molar-refractivity contribution in [1.29, 1.82) is 0 Å². The molecule has 0 aliphatic carbocycles. The summed E-state index contributed by atoms with van der Waals surface area (Å²) in [5, 5.41) is 0.117. The van der Waals surface area contributed by atoms with E-state index in [1.165, 1.54) is 17.3 Å². The van der Waals surface area contributed by atoms with Crippen LogP contribution in [0.3, 0.4) is 0 Å². The van der Waals surface area contributed by atoms with Gasteiger partial charge in [0.05, 0.1) is 5.75 Å². The van der Waals surface area contributed by atoms with Gasteiger partial charge in [-0.25, -0.2) is 0 Å². The Morgan fingerprint density at radius 1 is 1.38 bits per heavy atom. The van der Waals surface area contributed by atoms with E-state index in [0.29, 0.717) is 11.7 Å². The molecule has 0 N–H and O–H groups in total. The highest BCUT2D eigenvalue weighted by Crippen LogP contribution is 2.18. The van der Waals surface area contributed by atoms with Crippen LogP contribution in [0.25, 0.3) is 0 Å². The van der Waals surface area contributed by atoms with Gasteiger partial charge < -0.3 is 0 Å². The topological polar surface area (TPSA) is 17.1 Å². The fourth-order valence-corrected chi connectivity index (χ4v) is 1.73. The van der Waals surface area contributed by atoms with Gasteiger partial charge in [0.2, 0.25) is 0 Å². The summed E-state index contributed by atoms with van der Waals surface area (Å²) in [7, 11) is 0. The predicted molar refractivity (Wildman–Crippen MR) is 70.5 cm³/mol. The number of benzene rings is 1. The Bertz CT molecular complexity index is 424. The van der Waals surface area contributed by atoms with Crippen LogP contribution in [0.1, 0.15) is 37.8 Å². The quantitative estimate of drug-likeness (QED) is 0.727. The summed E-state index contributed by atoms with van der Waals surface area (Å²) in [6.45, 7) is 5.88. The van der Waals surface area contributed by atoms with Gasteiger partial charge in [0.25, 0.3) is 0 Å². The molecular formula is C14H16OS. The largest absolute Gasteiger partial charge is 0.288 e. The van der Waals surface area contributed by atoms with E-state index < -0.39 is 0 Å². The van der Waals surface area contributed by atoms with Gasteiger partial charge in [0.15, 0.2) is 5.12 Å². The Morgan fingerprint density at radius 3 is 2.69 bits per heavy atom. The standard InChI is InChI=1S/C14H16OS/c1-11(2)14-9-5-4-7-13(14)8-6-10-16-12(3)15/h4-5,7,9,11H,10H2,1-3H3. The van der Waals surface area contributed by atoms with E-state index in [1.54, 1.807) is 6.92 Å². The fraction of sp³-hybridized carbons (Fsp3) is 0.357. The normalized spacial score (nSPS) is 9.75. The summed E-state index contributed by atoms with van der Waals surface area (Å²) < 4.78 is 0. The van der Waals surface area contributed by atoms with Crippen molar-refractivity contribution < 1.29 is 4.79 Å². The van der Waals surface area contributed by atoms with Gasteiger partial charge in [-0.1, -0.05) is 55.6 Å². The summed E-state index contributed by atoms with van der Waals surface area (Å²) in [6.07, 6.45) is 0. The van der Waals surface area contributed by atoms with Crippen molar-refractivity contribution in [2.75, 3.05) is 5.75 Å². The molecule has 0 unspecified atom stereocenters. The molecule has 0 atom stereocenters. The fourth-order valence-electron chi connectivity index (χ4n) is 1.38. The lowest BCUT2D eigenvalue weighted by Gasteiger charge is -2.07. The first kappa shape index (κ1) is 12.9. The third-order valence-electron chi connectivity index (χ3n) is 2.15. The van der Waals surface area contributed by atoms with Crippen LogP contribution in [-0.4, -0.2) is 10.9 Å². The highest BCUT2D eigenvalue weighted by molar-refractivity contribution is 8.13. The molecule has 2 heteroatoms. The zero-order valence-corrected chi connectivity index (χ0v) is 10.7. The van der Waals surface area contributed by atoms with Gasteiger partial charge in [0, 0.05) is 12.5 Å². The number of hydrogen-bond acceptors (Lipinski definition) is 2. The Morgan fingerprint density at radius 2 is 2.06 bits per heavy atom. The summed E-state index contributed by atoms with van der Waals surface area (Å²) >= 11 is 1.25. The van der Waals surface area contributed by atoms with Crippen molar-refractivity contribution in [1.82, 2.24) is 0 Å². The third kappa shape index (κ3) is 4.12. The highest BCUT2D eigenvalue weighted by atomic mass is 32.2. The maximum Gasteiger partial charge on any atom is 0.186 e. The second-order valence-corrected chi connectivity index (χ2v) is 4.98. The third-order valence-corrected chi connectivity index (χ3v) is 2.85. The van der Waals surface area contributed by atoms with Gasteiger partial charge in [-0.15, -0.1) is 0 Å². The summed E-state index contributed by atoms with van der Waals surface area (Å²) in [5.74, 6) is 7.20. The first-order chi connectivity index (χ1) is 7.61. The van der Waals surface area contributed by atoms with Gasteiger partial charge >= 0.3 is 0 Å². The molecule has 0 spiro atoms. The molecule has 0 saturated carbocycles. The molecule has 1 nitrogen and oxygen atoms in total. The summed E-state index contributed by atoms with van der Waals surface area (Å²) in [4.78, 5) is 10.7. The van der Waals surface area contributed by atoms with Gasteiger partial charge in [-0.05, 0) is 17.5 Å². The van der Waals surface area contributed by atoms with Crippen molar-refractivity contribution in [2.24, 2.45) is 0 Å². The summed E-state index contributed by atoms with van der Waals surface area (Å²) in [5.41, 5.74) is 2.34. The maximum absolute atomic E-state index is 10.7. The molecule has 1 aromatic carbocycles. The monoisotopic (exact) mass is 232 g/mol. The average molecular weight is 232 g/mol. The molecule has 0 amide bonds. The van der Waals surface area contributed by atoms with Crippen LogP contribution in [0.15, 0.2) is 24.3 Å². The van der Waals surface area contributed by atoms with E-state index in [-0.39, 0.29) is 5.12 Å². The Labute approximate surface area is 102 Å². The van der Waals surface area contributed by atoms with E-state index in [9.17, 15) is 4.79 Å². The van der Waals surface area contributed by atoms with Crippen molar-refractivity contribution >= 4 is 16.9 Å². The van der Waals surface area contributed by atoms with E-state index in [0.717, 1.165) is 5.56 Å². The number of carbonyl (C=O) groups excluding carboxylic acids is 1. The van der Waals surface area contributed by atoms with Crippen LogP contribution in [-0.2, 0) is 4.79 Å². The van der Waals surface area contributed by atoms with E-state index in [2.05, 4.69) is 31.8 Å². The Hall–Kier alpha value is -1.20. The van der Waals surface area contributed by atoms with Gasteiger partial charge in [0.1, 0.15) is 0 Å². The molecule has 0 heterocycles. The van der Waals surface area contributed by atoms with Crippen molar-refractivity contribution in [3.63, 3.8) is 0 Å². The van der Waals surface area contributed by atoms with Gasteiger partial charge in [-0.3, -0.25) is 4.79 Å². The van der Waals surface area contributed by atoms with E-state index in [4.69, 9.17) is 0 Å². The number of rotatable bonds is 2. The minimum absolute atomic E-state index is 0.117. The SMILES string of the molecule is CC(=O)SCC#Cc1ccccc1C(C)C. The van der Waals surface area contributed by atoms with Crippen LogP contribution < -0.4 is 0 Å². The average Bonchev–Trinajstić information content (AvgIpc) is 2.24. The van der Waals surface area contributed by atoms with Crippen molar-refractivity contribution in [3.05, 3.63) is 35.4 Å². The van der Waals surface area contributed by atoms with Crippen LogP contribution in [0.2, 0.25) is 0 Å². The molecular weight excluding hydrogens is 216 g/mol. The van der Waals surface area contributed by atoms with Crippen LogP contribution >= 0.6 is 11.8 Å². The second kappa shape index (κ2) is 6.40. The molecule has 0 fully saturated rings. The second-order valence-electron chi connectivity index (χ2n) is 3.82. The lowest BCUT2D eigenvalue weighted by atomic mass is 9.98. The predicted octanol–water partition coefficient (Wildman–Crippen LogP) is 3.44. The number of thioether (sulfide) groups is 1. The molecule has 1 rings (SSSR count). The lowest BCUT2D eigenvalue weighted by molar-refractivity contribution is -0.109. The Balaban J connectivity index is 2.76. The number of hydrogen-bond donors (Lipinski definition) is 0. The zero-order valence-electron chi connectivity index (χ0n) is 9.91. The molecule has 0 saturated heterocycles. The van der Waals surface area contributed by atoms with Crippen molar-refractivity contribution in [2.45, 2.75) is 26.7 Å². The molecule has 1 aromatic rings. The van der Waals surface area contributed by atoms with E-state index in [1.807, 2.05) is 18.2 Å². The van der Waals surface area contributed by atoms with Crippen LogP contribution in [0, 0.1) is 11.8 Å². The van der Waals surface area contributed by atoms with Crippen LogP contribution in [0.5, 0.6) is 0 Å². The molecule has 0 aromatic heterocycles. The highest BCUT2D eigenvalue weighted by Gasteiger charge is 2.02. The number of carbonyl (C=O) groups is 1. The van der Waals surface area contributed by atoms with Crippen molar-refractivity contribution in [3.8, 4) is 11.8 Å². The Kier molecular flexibility index (Phi) is 5.14. The molecule has 0 radical (unpaired) electrons. The van der Waals surface area contributed by atoms with Gasteiger partial charge in [-0.2, -0.15) is 0 Å². The maximum atomic E-state index is 10.7. The molecule has 0 bridgehead atoms. The smallest absolute Gasteiger partial charge is 0.186 e. The minimum atomic E-state index is 0.117. The molecule has 84 valence electrons. The molecule has 0 aliphatic rings. The first-order valence-electron chi connectivity index (χ1n) is 5.32. The zero-order chi connectivity index (χ0) is 12.0.